The van der Waals surface area contributed by atoms with Crippen LogP contribution in [0.2, 0.25) is 0 Å². The quantitative estimate of drug-likeness (QED) is 0.683. The molecule has 0 N–H and O–H groups in total. The van der Waals surface area contributed by atoms with Crippen molar-refractivity contribution < 1.29 is 18.3 Å². The Bertz CT molecular complexity index is 221. The van der Waals surface area contributed by atoms with E-state index >= 15 is 0 Å². The van der Waals surface area contributed by atoms with Gasteiger partial charge in [-0.15, -0.1) is 0 Å². The first-order valence-corrected chi connectivity index (χ1v) is 5.53. The molecular formula is C11H18F2O2. The maximum atomic E-state index is 13.5. The van der Waals surface area contributed by atoms with E-state index in [1.807, 2.05) is 0 Å². The smallest absolute Gasteiger partial charge is 0.377 e. The largest absolute Gasteiger partial charge is 0.462 e. The van der Waals surface area contributed by atoms with E-state index in [1.165, 1.54) is 6.92 Å². The molecule has 0 aromatic carbocycles. The van der Waals surface area contributed by atoms with Gasteiger partial charge in [-0.05, 0) is 25.7 Å². The minimum Gasteiger partial charge on any atom is -0.462 e. The molecule has 0 aromatic heterocycles. The summed E-state index contributed by atoms with van der Waals surface area (Å²) in [6.45, 7) is 3.60. The highest BCUT2D eigenvalue weighted by Gasteiger charge is 2.48. The predicted octanol–water partition coefficient (Wildman–Crippen LogP) is 3.01. The van der Waals surface area contributed by atoms with Crippen molar-refractivity contribution in [3.8, 4) is 0 Å². The summed E-state index contributed by atoms with van der Waals surface area (Å²) in [7, 11) is 0. The second-order valence-corrected chi connectivity index (χ2v) is 4.30. The number of alkyl halides is 2. The zero-order chi connectivity index (χ0) is 11.5. The van der Waals surface area contributed by atoms with Crippen molar-refractivity contribution in [1.82, 2.24) is 0 Å². The molecule has 1 aliphatic rings. The summed E-state index contributed by atoms with van der Waals surface area (Å²) in [5.74, 6) is -4.98. The van der Waals surface area contributed by atoms with Crippen molar-refractivity contribution in [2.24, 2.45) is 11.8 Å². The molecule has 0 amide bonds. The predicted molar refractivity (Wildman–Crippen MR) is 52.7 cm³/mol. The van der Waals surface area contributed by atoms with Crippen LogP contribution in [-0.2, 0) is 9.53 Å². The van der Waals surface area contributed by atoms with E-state index in [1.54, 1.807) is 0 Å². The lowest BCUT2D eigenvalue weighted by Crippen LogP contribution is -2.40. The highest BCUT2D eigenvalue weighted by molar-refractivity contribution is 5.77. The summed E-state index contributed by atoms with van der Waals surface area (Å²) in [5.41, 5.74) is 0. The fourth-order valence-corrected chi connectivity index (χ4v) is 2.02. The van der Waals surface area contributed by atoms with Crippen LogP contribution in [0, 0.1) is 11.8 Å². The van der Waals surface area contributed by atoms with E-state index in [0.717, 1.165) is 12.8 Å². The highest BCUT2D eigenvalue weighted by Crippen LogP contribution is 2.39. The zero-order valence-electron chi connectivity index (χ0n) is 9.26. The average molecular weight is 220 g/mol. The molecule has 0 aliphatic heterocycles. The van der Waals surface area contributed by atoms with Crippen LogP contribution in [0.15, 0.2) is 0 Å². The van der Waals surface area contributed by atoms with E-state index in [-0.39, 0.29) is 6.61 Å². The van der Waals surface area contributed by atoms with Crippen molar-refractivity contribution in [3.63, 3.8) is 0 Å². The van der Waals surface area contributed by atoms with E-state index in [2.05, 4.69) is 11.7 Å². The molecule has 0 saturated heterocycles. The summed E-state index contributed by atoms with van der Waals surface area (Å²) in [6, 6.07) is 0. The van der Waals surface area contributed by atoms with Gasteiger partial charge in [0.2, 0.25) is 0 Å². The number of carbonyl (C=O) groups is 1. The molecule has 0 spiro atoms. The van der Waals surface area contributed by atoms with E-state index in [4.69, 9.17) is 0 Å². The molecule has 4 heteroatoms. The second kappa shape index (κ2) is 4.90. The van der Waals surface area contributed by atoms with Crippen molar-refractivity contribution in [2.75, 3.05) is 6.61 Å². The number of hydrogen-bond donors (Lipinski definition) is 0. The van der Waals surface area contributed by atoms with Crippen molar-refractivity contribution in [1.29, 1.82) is 0 Å². The monoisotopic (exact) mass is 220 g/mol. The van der Waals surface area contributed by atoms with Crippen LogP contribution in [0.5, 0.6) is 0 Å². The van der Waals surface area contributed by atoms with Gasteiger partial charge in [-0.2, -0.15) is 8.78 Å². The summed E-state index contributed by atoms with van der Waals surface area (Å²) < 4.78 is 31.5. The third kappa shape index (κ3) is 2.89. The Morgan fingerprint density at radius 3 is 2.33 bits per heavy atom. The van der Waals surface area contributed by atoms with E-state index in [9.17, 15) is 13.6 Å². The molecular weight excluding hydrogens is 202 g/mol. The third-order valence-corrected chi connectivity index (χ3v) is 3.08. The SMILES string of the molecule is CCOC(=O)C(F)(F)C1CCC(C)CC1. The van der Waals surface area contributed by atoms with Crippen molar-refractivity contribution in [2.45, 2.75) is 45.5 Å². The van der Waals surface area contributed by atoms with Crippen LogP contribution in [0.3, 0.4) is 0 Å². The van der Waals surface area contributed by atoms with Gasteiger partial charge in [-0.1, -0.05) is 19.8 Å². The van der Waals surface area contributed by atoms with Gasteiger partial charge in [-0.25, -0.2) is 4.79 Å². The normalized spacial score (nSPS) is 27.5. The van der Waals surface area contributed by atoms with Gasteiger partial charge in [-0.3, -0.25) is 0 Å². The van der Waals surface area contributed by atoms with Crippen LogP contribution >= 0.6 is 0 Å². The molecule has 0 atom stereocenters. The molecule has 1 saturated carbocycles. The highest BCUT2D eigenvalue weighted by atomic mass is 19.3. The first-order valence-electron chi connectivity index (χ1n) is 5.53. The summed E-state index contributed by atoms with van der Waals surface area (Å²) in [5, 5.41) is 0. The lowest BCUT2D eigenvalue weighted by Gasteiger charge is -2.30. The fraction of sp³-hybridized carbons (Fsp3) is 0.909. The van der Waals surface area contributed by atoms with Crippen LogP contribution in [-0.4, -0.2) is 18.5 Å². The van der Waals surface area contributed by atoms with Gasteiger partial charge in [0.15, 0.2) is 0 Å². The molecule has 88 valence electrons. The topological polar surface area (TPSA) is 26.3 Å². The molecule has 0 bridgehead atoms. The Morgan fingerprint density at radius 2 is 1.87 bits per heavy atom. The van der Waals surface area contributed by atoms with Crippen molar-refractivity contribution >= 4 is 5.97 Å². The van der Waals surface area contributed by atoms with E-state index < -0.39 is 17.8 Å². The lowest BCUT2D eigenvalue weighted by molar-refractivity contribution is -0.182. The molecule has 2 nitrogen and oxygen atoms in total. The van der Waals surface area contributed by atoms with Gasteiger partial charge >= 0.3 is 11.9 Å². The number of halogens is 2. The molecule has 0 heterocycles. The van der Waals surface area contributed by atoms with Crippen molar-refractivity contribution in [3.05, 3.63) is 0 Å². The number of carbonyl (C=O) groups excluding carboxylic acids is 1. The van der Waals surface area contributed by atoms with Gasteiger partial charge in [0.1, 0.15) is 0 Å². The van der Waals surface area contributed by atoms with Gasteiger partial charge in [0.05, 0.1) is 6.61 Å². The minimum atomic E-state index is -3.30. The summed E-state index contributed by atoms with van der Waals surface area (Å²) >= 11 is 0. The molecule has 0 radical (unpaired) electrons. The lowest BCUT2D eigenvalue weighted by atomic mass is 9.80. The molecule has 1 aliphatic carbocycles. The van der Waals surface area contributed by atoms with Crippen LogP contribution in [0.1, 0.15) is 39.5 Å². The number of esters is 1. The van der Waals surface area contributed by atoms with Gasteiger partial charge < -0.3 is 4.74 Å². The Balaban J connectivity index is 2.56. The first kappa shape index (κ1) is 12.4. The maximum Gasteiger partial charge on any atom is 0.377 e. The number of hydrogen-bond acceptors (Lipinski definition) is 2. The Kier molecular flexibility index (Phi) is 4.05. The number of ether oxygens (including phenoxy) is 1. The average Bonchev–Trinajstić information content (AvgIpc) is 2.18. The van der Waals surface area contributed by atoms with Crippen LogP contribution < -0.4 is 0 Å². The Labute approximate surface area is 89.0 Å². The molecule has 1 fully saturated rings. The molecule has 15 heavy (non-hydrogen) atoms. The Morgan fingerprint density at radius 1 is 1.33 bits per heavy atom. The molecule has 1 rings (SSSR count). The fourth-order valence-electron chi connectivity index (χ4n) is 2.02. The van der Waals surface area contributed by atoms with E-state index in [0.29, 0.717) is 18.8 Å². The molecule has 0 unspecified atom stereocenters. The minimum absolute atomic E-state index is 0.0115. The third-order valence-electron chi connectivity index (χ3n) is 3.08. The van der Waals surface area contributed by atoms with Gasteiger partial charge in [0.25, 0.3) is 0 Å². The second-order valence-electron chi connectivity index (χ2n) is 4.30. The van der Waals surface area contributed by atoms with Gasteiger partial charge in [0, 0.05) is 5.92 Å². The summed E-state index contributed by atoms with van der Waals surface area (Å²) in [4.78, 5) is 11.1. The first-order chi connectivity index (χ1) is 6.98. The maximum absolute atomic E-state index is 13.5. The Hall–Kier alpha value is -0.670. The van der Waals surface area contributed by atoms with Crippen LogP contribution in [0.25, 0.3) is 0 Å². The van der Waals surface area contributed by atoms with Crippen LogP contribution in [0.4, 0.5) is 8.78 Å². The standard InChI is InChI=1S/C11H18F2O2/c1-3-15-10(14)11(12,13)9-6-4-8(2)5-7-9/h8-9H,3-7H2,1-2H3. The summed E-state index contributed by atoms with van der Waals surface area (Å²) in [6.07, 6.45) is 2.40. The molecule has 0 aromatic rings. The zero-order valence-corrected chi connectivity index (χ0v) is 9.26. The number of rotatable bonds is 3.